The van der Waals surface area contributed by atoms with E-state index in [0.717, 1.165) is 12.8 Å². The van der Waals surface area contributed by atoms with Crippen molar-refractivity contribution in [2.75, 3.05) is 0 Å². The van der Waals surface area contributed by atoms with Crippen LogP contribution in [0.1, 0.15) is 40.5 Å². The topological polar surface area (TPSA) is 93.4 Å². The molecule has 2 unspecified atom stereocenters. The molecule has 0 bridgehead atoms. The maximum absolute atomic E-state index is 11.6. The summed E-state index contributed by atoms with van der Waals surface area (Å²) >= 11 is 0. The minimum atomic E-state index is -0.565. The molecule has 1 aliphatic carbocycles. The van der Waals surface area contributed by atoms with Crippen LogP contribution in [-0.4, -0.2) is 35.7 Å². The molecule has 4 N–H and O–H groups in total. The average Bonchev–Trinajstić information content (AvgIpc) is 2.92. The molecule has 0 aromatic rings. The van der Waals surface area contributed by atoms with Gasteiger partial charge in [-0.1, -0.05) is 0 Å². The largest absolute Gasteiger partial charge is 0.444 e. The number of rotatable bonds is 5. The predicted octanol–water partition coefficient (Wildman–Crippen LogP) is 0.506. The molecule has 0 aromatic carbocycles. The highest BCUT2D eigenvalue weighted by molar-refractivity contribution is 5.81. The Morgan fingerprint density at radius 2 is 1.89 bits per heavy atom. The number of nitrogens with two attached hydrogens (primary N) is 1. The van der Waals surface area contributed by atoms with Crippen LogP contribution in [0.15, 0.2) is 0 Å². The van der Waals surface area contributed by atoms with Crippen molar-refractivity contribution >= 4 is 12.0 Å². The fourth-order valence-electron chi connectivity index (χ4n) is 1.55. The van der Waals surface area contributed by atoms with E-state index in [1.807, 2.05) is 0 Å². The average molecular weight is 257 g/mol. The first kappa shape index (κ1) is 14.8. The quantitative estimate of drug-likeness (QED) is 0.668. The standard InChI is InChI=1S/C12H23N3O3/c1-7(14-11(17)18-12(2,3)4)9(10(13)16)15-8-5-6-8/h7-9,15H,5-6H2,1-4H3,(H2,13,16)(H,14,17). The molecule has 18 heavy (non-hydrogen) atoms. The lowest BCUT2D eigenvalue weighted by atomic mass is 10.1. The van der Waals surface area contributed by atoms with Crippen molar-refractivity contribution in [3.63, 3.8) is 0 Å². The second-order valence-electron chi connectivity index (χ2n) is 5.76. The van der Waals surface area contributed by atoms with E-state index >= 15 is 0 Å². The van der Waals surface area contributed by atoms with Crippen LogP contribution in [0.4, 0.5) is 4.79 Å². The lowest BCUT2D eigenvalue weighted by Crippen LogP contribution is -2.56. The lowest BCUT2D eigenvalue weighted by Gasteiger charge is -2.26. The van der Waals surface area contributed by atoms with Crippen molar-refractivity contribution in [1.82, 2.24) is 10.6 Å². The van der Waals surface area contributed by atoms with Gasteiger partial charge >= 0.3 is 6.09 Å². The van der Waals surface area contributed by atoms with Crippen LogP contribution >= 0.6 is 0 Å². The Balaban J connectivity index is 2.47. The summed E-state index contributed by atoms with van der Waals surface area (Å²) in [6, 6.07) is -0.631. The van der Waals surface area contributed by atoms with Gasteiger partial charge in [0.1, 0.15) is 11.6 Å². The van der Waals surface area contributed by atoms with Crippen LogP contribution in [0.2, 0.25) is 0 Å². The van der Waals surface area contributed by atoms with Gasteiger partial charge in [-0.3, -0.25) is 4.79 Å². The first-order chi connectivity index (χ1) is 8.19. The van der Waals surface area contributed by atoms with Crippen molar-refractivity contribution in [1.29, 1.82) is 0 Å². The van der Waals surface area contributed by atoms with Crippen molar-refractivity contribution in [2.45, 2.75) is 64.3 Å². The van der Waals surface area contributed by atoms with E-state index in [0.29, 0.717) is 6.04 Å². The Morgan fingerprint density at radius 3 is 2.28 bits per heavy atom. The lowest BCUT2D eigenvalue weighted by molar-refractivity contribution is -0.120. The minimum Gasteiger partial charge on any atom is -0.444 e. The smallest absolute Gasteiger partial charge is 0.407 e. The van der Waals surface area contributed by atoms with Crippen molar-refractivity contribution in [2.24, 2.45) is 5.73 Å². The fraction of sp³-hybridized carbons (Fsp3) is 0.833. The van der Waals surface area contributed by atoms with Gasteiger partial charge in [-0.2, -0.15) is 0 Å². The van der Waals surface area contributed by atoms with Crippen molar-refractivity contribution in [3.05, 3.63) is 0 Å². The third-order valence-electron chi connectivity index (χ3n) is 2.54. The SMILES string of the molecule is CC(NC(=O)OC(C)(C)C)C(NC1CC1)C(N)=O. The molecular weight excluding hydrogens is 234 g/mol. The number of primary amides is 1. The summed E-state index contributed by atoms with van der Waals surface area (Å²) in [5.41, 5.74) is 4.76. The van der Waals surface area contributed by atoms with Crippen LogP contribution in [0.3, 0.4) is 0 Å². The summed E-state index contributed by atoms with van der Waals surface area (Å²) in [5.74, 6) is -0.467. The normalized spacial score (nSPS) is 18.9. The van der Waals surface area contributed by atoms with Crippen molar-refractivity contribution < 1.29 is 14.3 Å². The Kier molecular flexibility index (Phi) is 4.56. The molecule has 0 radical (unpaired) electrons. The van der Waals surface area contributed by atoms with Crippen LogP contribution in [0, 0.1) is 0 Å². The van der Waals surface area contributed by atoms with Crippen LogP contribution in [0.25, 0.3) is 0 Å². The second-order valence-corrected chi connectivity index (χ2v) is 5.76. The molecule has 1 fully saturated rings. The van der Waals surface area contributed by atoms with E-state index in [4.69, 9.17) is 10.5 Å². The van der Waals surface area contributed by atoms with E-state index in [2.05, 4.69) is 10.6 Å². The molecule has 1 aliphatic rings. The zero-order valence-electron chi connectivity index (χ0n) is 11.4. The Hall–Kier alpha value is -1.30. The predicted molar refractivity (Wildman–Crippen MR) is 68.0 cm³/mol. The van der Waals surface area contributed by atoms with E-state index in [1.54, 1.807) is 27.7 Å². The molecule has 0 aromatic heterocycles. The van der Waals surface area contributed by atoms with Gasteiger partial charge in [-0.25, -0.2) is 4.79 Å². The third-order valence-corrected chi connectivity index (χ3v) is 2.54. The molecule has 0 saturated heterocycles. The maximum atomic E-state index is 11.6. The fourth-order valence-corrected chi connectivity index (χ4v) is 1.55. The van der Waals surface area contributed by atoms with E-state index in [9.17, 15) is 9.59 Å². The molecule has 1 saturated carbocycles. The summed E-state index contributed by atoms with van der Waals surface area (Å²) in [7, 11) is 0. The minimum absolute atomic E-state index is 0.338. The molecule has 104 valence electrons. The zero-order chi connectivity index (χ0) is 13.9. The number of hydrogen-bond acceptors (Lipinski definition) is 4. The first-order valence-electron chi connectivity index (χ1n) is 6.24. The molecule has 0 spiro atoms. The van der Waals surface area contributed by atoms with E-state index < -0.39 is 29.7 Å². The molecule has 1 rings (SSSR count). The highest BCUT2D eigenvalue weighted by Crippen LogP contribution is 2.20. The number of ether oxygens (including phenoxy) is 1. The summed E-state index contributed by atoms with van der Waals surface area (Å²) in [5, 5.41) is 5.74. The Labute approximate surface area is 108 Å². The van der Waals surface area contributed by atoms with Crippen LogP contribution < -0.4 is 16.4 Å². The Bertz CT molecular complexity index is 321. The summed E-state index contributed by atoms with van der Waals surface area (Å²) < 4.78 is 5.13. The summed E-state index contributed by atoms with van der Waals surface area (Å²) in [4.78, 5) is 22.9. The van der Waals surface area contributed by atoms with Gasteiger partial charge in [-0.15, -0.1) is 0 Å². The van der Waals surface area contributed by atoms with Gasteiger partial charge in [0.05, 0.1) is 6.04 Å². The van der Waals surface area contributed by atoms with Gasteiger partial charge in [-0.05, 0) is 40.5 Å². The van der Waals surface area contributed by atoms with Crippen LogP contribution in [0.5, 0.6) is 0 Å². The first-order valence-corrected chi connectivity index (χ1v) is 6.24. The number of carbonyl (C=O) groups excluding carboxylic acids is 2. The van der Waals surface area contributed by atoms with Gasteiger partial charge in [0.25, 0.3) is 0 Å². The monoisotopic (exact) mass is 257 g/mol. The molecule has 0 heterocycles. The van der Waals surface area contributed by atoms with Crippen LogP contribution in [-0.2, 0) is 9.53 Å². The molecule has 6 heteroatoms. The molecule has 0 aliphatic heterocycles. The molecule has 2 amide bonds. The third kappa shape index (κ3) is 5.35. The highest BCUT2D eigenvalue weighted by Gasteiger charge is 2.32. The summed E-state index contributed by atoms with van der Waals surface area (Å²) in [6.07, 6.45) is 1.55. The zero-order valence-corrected chi connectivity index (χ0v) is 11.4. The van der Waals surface area contributed by atoms with Crippen molar-refractivity contribution in [3.8, 4) is 0 Å². The van der Waals surface area contributed by atoms with Gasteiger partial charge < -0.3 is 21.1 Å². The molecule has 2 atom stereocenters. The summed E-state index contributed by atoms with van der Waals surface area (Å²) in [6.45, 7) is 7.08. The maximum Gasteiger partial charge on any atom is 0.407 e. The van der Waals surface area contributed by atoms with E-state index in [1.165, 1.54) is 0 Å². The number of carbonyl (C=O) groups is 2. The second kappa shape index (κ2) is 5.56. The Morgan fingerprint density at radius 1 is 1.33 bits per heavy atom. The number of nitrogens with one attached hydrogen (secondary N) is 2. The van der Waals surface area contributed by atoms with Gasteiger partial charge in [0.2, 0.25) is 5.91 Å². The number of alkyl carbamates (subject to hydrolysis) is 1. The van der Waals surface area contributed by atoms with E-state index in [-0.39, 0.29) is 0 Å². The number of hydrogen-bond donors (Lipinski definition) is 3. The molecular formula is C12H23N3O3. The molecule has 6 nitrogen and oxygen atoms in total. The van der Waals surface area contributed by atoms with Gasteiger partial charge in [0, 0.05) is 6.04 Å². The highest BCUT2D eigenvalue weighted by atomic mass is 16.6. The van der Waals surface area contributed by atoms with Gasteiger partial charge in [0.15, 0.2) is 0 Å². The number of amides is 2.